The van der Waals surface area contributed by atoms with Gasteiger partial charge < -0.3 is 10.1 Å². The largest absolute Gasteiger partial charge is 0.453 e. The zero-order valence-corrected chi connectivity index (χ0v) is 15.0. The number of amides is 1. The Morgan fingerprint density at radius 2 is 2.00 bits per heavy atom. The smallest absolute Gasteiger partial charge is 0.306 e. The first kappa shape index (κ1) is 17.9. The van der Waals surface area contributed by atoms with Crippen LogP contribution in [0, 0.1) is 5.92 Å². The van der Waals surface area contributed by atoms with E-state index in [2.05, 4.69) is 21.2 Å². The molecule has 1 fully saturated rings. The Morgan fingerprint density at radius 1 is 1.35 bits per heavy atom. The molecule has 1 aromatic carbocycles. The summed E-state index contributed by atoms with van der Waals surface area (Å²) in [6.07, 6.45) is -0.448. The molecular weight excluding hydrogens is 386 g/mol. The molecule has 0 unspecified atom stereocenters. The predicted molar refractivity (Wildman–Crippen MR) is 89.7 cm³/mol. The maximum absolute atomic E-state index is 12.0. The average molecular weight is 404 g/mol. The second-order valence-corrected chi connectivity index (χ2v) is 8.75. The van der Waals surface area contributed by atoms with Gasteiger partial charge in [0.1, 0.15) is 0 Å². The second-order valence-electron chi connectivity index (χ2n) is 5.60. The molecule has 1 aliphatic rings. The van der Waals surface area contributed by atoms with Gasteiger partial charge in [-0.15, -0.1) is 0 Å². The molecule has 8 heteroatoms. The van der Waals surface area contributed by atoms with Crippen LogP contribution >= 0.6 is 15.9 Å². The number of anilines is 1. The third kappa shape index (κ3) is 5.62. The molecule has 126 valence electrons. The molecule has 0 aromatic heterocycles. The first-order chi connectivity index (χ1) is 10.7. The third-order valence-corrected chi connectivity index (χ3v) is 5.94. The molecule has 2 rings (SSSR count). The highest BCUT2D eigenvalue weighted by Gasteiger charge is 2.30. The van der Waals surface area contributed by atoms with E-state index in [1.54, 1.807) is 24.3 Å². The summed E-state index contributed by atoms with van der Waals surface area (Å²) in [4.78, 5) is 23.8. The number of carbonyl (C=O) groups is 2. The van der Waals surface area contributed by atoms with Crippen LogP contribution in [0.2, 0.25) is 0 Å². The predicted octanol–water partition coefficient (Wildman–Crippen LogP) is 2.14. The lowest BCUT2D eigenvalue weighted by Gasteiger charge is -2.15. The molecule has 1 saturated heterocycles. The fourth-order valence-electron chi connectivity index (χ4n) is 2.34. The summed E-state index contributed by atoms with van der Waals surface area (Å²) in [6.45, 7) is 1.48. The van der Waals surface area contributed by atoms with Crippen molar-refractivity contribution in [3.05, 3.63) is 28.7 Å². The summed E-state index contributed by atoms with van der Waals surface area (Å²) >= 11 is 3.30. The van der Waals surface area contributed by atoms with E-state index < -0.39 is 27.8 Å². The molecule has 1 aromatic rings. The highest BCUT2D eigenvalue weighted by Crippen LogP contribution is 2.22. The van der Waals surface area contributed by atoms with E-state index in [0.717, 1.165) is 4.47 Å². The molecule has 0 bridgehead atoms. The molecule has 1 aliphatic heterocycles. The van der Waals surface area contributed by atoms with Crippen LogP contribution in [0.4, 0.5) is 5.69 Å². The summed E-state index contributed by atoms with van der Waals surface area (Å²) in [7, 11) is -3.02. The van der Waals surface area contributed by atoms with Gasteiger partial charge in [-0.05, 0) is 43.5 Å². The van der Waals surface area contributed by atoms with Crippen molar-refractivity contribution in [2.45, 2.75) is 25.9 Å². The van der Waals surface area contributed by atoms with Crippen LogP contribution < -0.4 is 5.32 Å². The Balaban J connectivity index is 1.81. The first-order valence-corrected chi connectivity index (χ1v) is 9.83. The van der Waals surface area contributed by atoms with Crippen LogP contribution in [-0.2, 0) is 24.2 Å². The number of hydrogen-bond donors (Lipinski definition) is 1. The van der Waals surface area contributed by atoms with Crippen LogP contribution in [0.3, 0.4) is 0 Å². The van der Waals surface area contributed by atoms with Crippen molar-refractivity contribution in [2.24, 2.45) is 5.92 Å². The van der Waals surface area contributed by atoms with Crippen molar-refractivity contribution in [2.75, 3.05) is 16.8 Å². The van der Waals surface area contributed by atoms with Crippen molar-refractivity contribution in [3.63, 3.8) is 0 Å². The quantitative estimate of drug-likeness (QED) is 0.760. The SMILES string of the molecule is C[C@H](OC(=O)C[C@H]1CCS(=O)(=O)C1)C(=O)Nc1ccc(Br)cc1. The summed E-state index contributed by atoms with van der Waals surface area (Å²) in [6, 6.07) is 7.01. The molecule has 1 heterocycles. The van der Waals surface area contributed by atoms with E-state index in [0.29, 0.717) is 12.1 Å². The summed E-state index contributed by atoms with van der Waals surface area (Å²) in [5.74, 6) is -1.06. The van der Waals surface area contributed by atoms with E-state index in [9.17, 15) is 18.0 Å². The van der Waals surface area contributed by atoms with Gasteiger partial charge in [-0.1, -0.05) is 15.9 Å². The summed E-state index contributed by atoms with van der Waals surface area (Å²) < 4.78 is 28.7. The van der Waals surface area contributed by atoms with E-state index in [1.165, 1.54) is 6.92 Å². The highest BCUT2D eigenvalue weighted by atomic mass is 79.9. The van der Waals surface area contributed by atoms with Crippen molar-refractivity contribution in [3.8, 4) is 0 Å². The van der Waals surface area contributed by atoms with Crippen molar-refractivity contribution < 1.29 is 22.7 Å². The standard InChI is InChI=1S/C15H18BrNO5S/c1-10(15(19)17-13-4-2-12(16)3-5-13)22-14(18)8-11-6-7-23(20,21)9-11/h2-5,10-11H,6-9H2,1H3,(H,17,19)/t10-,11+/m0/s1. The van der Waals surface area contributed by atoms with Crippen LogP contribution in [0.5, 0.6) is 0 Å². The van der Waals surface area contributed by atoms with E-state index >= 15 is 0 Å². The maximum atomic E-state index is 12.0. The molecule has 1 N–H and O–H groups in total. The van der Waals surface area contributed by atoms with Gasteiger partial charge in [0.15, 0.2) is 15.9 Å². The minimum absolute atomic E-state index is 0.0154. The third-order valence-electron chi connectivity index (χ3n) is 3.57. The van der Waals surface area contributed by atoms with E-state index in [-0.39, 0.29) is 23.8 Å². The zero-order valence-electron chi connectivity index (χ0n) is 12.6. The van der Waals surface area contributed by atoms with Crippen molar-refractivity contribution in [1.29, 1.82) is 0 Å². The highest BCUT2D eigenvalue weighted by molar-refractivity contribution is 9.10. The van der Waals surface area contributed by atoms with Crippen LogP contribution in [0.1, 0.15) is 19.8 Å². The lowest BCUT2D eigenvalue weighted by atomic mass is 10.1. The number of nitrogens with one attached hydrogen (secondary N) is 1. The zero-order chi connectivity index (χ0) is 17.0. The fraction of sp³-hybridized carbons (Fsp3) is 0.467. The number of halogens is 1. The molecule has 0 aliphatic carbocycles. The minimum atomic E-state index is -3.02. The molecule has 1 amide bonds. The molecule has 0 saturated carbocycles. The Kier molecular flexibility index (Phi) is 5.80. The minimum Gasteiger partial charge on any atom is -0.453 e. The normalized spacial score (nSPS) is 20.7. The Labute approximate surface area is 143 Å². The summed E-state index contributed by atoms with van der Waals surface area (Å²) in [5, 5.41) is 2.65. The Bertz CT molecular complexity index is 686. The van der Waals surface area contributed by atoms with Crippen LogP contribution in [0.25, 0.3) is 0 Å². The molecule has 0 radical (unpaired) electrons. The van der Waals surface area contributed by atoms with Gasteiger partial charge in [-0.25, -0.2) is 8.42 Å². The van der Waals surface area contributed by atoms with Gasteiger partial charge >= 0.3 is 5.97 Å². The molecule has 2 atom stereocenters. The molecule has 0 spiro atoms. The van der Waals surface area contributed by atoms with Crippen LogP contribution in [-0.4, -0.2) is 37.9 Å². The number of carbonyl (C=O) groups excluding carboxylic acids is 2. The van der Waals surface area contributed by atoms with E-state index in [1.807, 2.05) is 0 Å². The van der Waals surface area contributed by atoms with Gasteiger partial charge in [-0.2, -0.15) is 0 Å². The lowest BCUT2D eigenvalue weighted by Crippen LogP contribution is -2.30. The van der Waals surface area contributed by atoms with Crippen LogP contribution in [0.15, 0.2) is 28.7 Å². The molecular formula is C15H18BrNO5S. The van der Waals surface area contributed by atoms with Gasteiger partial charge in [0.05, 0.1) is 11.5 Å². The van der Waals surface area contributed by atoms with E-state index in [4.69, 9.17) is 4.74 Å². The number of ether oxygens (including phenoxy) is 1. The maximum Gasteiger partial charge on any atom is 0.306 e. The number of benzene rings is 1. The lowest BCUT2D eigenvalue weighted by molar-refractivity contribution is -0.153. The first-order valence-electron chi connectivity index (χ1n) is 7.21. The second kappa shape index (κ2) is 7.44. The number of sulfone groups is 1. The number of rotatable bonds is 5. The van der Waals surface area contributed by atoms with Gasteiger partial charge in [0.25, 0.3) is 5.91 Å². The molecule has 6 nitrogen and oxygen atoms in total. The topological polar surface area (TPSA) is 89.5 Å². The Hall–Kier alpha value is -1.41. The van der Waals surface area contributed by atoms with Gasteiger partial charge in [0.2, 0.25) is 0 Å². The monoisotopic (exact) mass is 403 g/mol. The number of hydrogen-bond acceptors (Lipinski definition) is 5. The van der Waals surface area contributed by atoms with Gasteiger partial charge in [0, 0.05) is 16.6 Å². The Morgan fingerprint density at radius 3 is 2.57 bits per heavy atom. The summed E-state index contributed by atoms with van der Waals surface area (Å²) in [5.41, 5.74) is 0.600. The number of esters is 1. The van der Waals surface area contributed by atoms with Gasteiger partial charge in [-0.3, -0.25) is 9.59 Å². The van der Waals surface area contributed by atoms with Crippen molar-refractivity contribution >= 4 is 43.3 Å². The van der Waals surface area contributed by atoms with Crippen molar-refractivity contribution in [1.82, 2.24) is 0 Å². The fourth-order valence-corrected chi connectivity index (χ4v) is 4.47. The molecule has 23 heavy (non-hydrogen) atoms. The average Bonchev–Trinajstić information content (AvgIpc) is 2.80.